The summed E-state index contributed by atoms with van der Waals surface area (Å²) >= 11 is 0. The van der Waals surface area contributed by atoms with E-state index in [0.717, 1.165) is 5.56 Å². The summed E-state index contributed by atoms with van der Waals surface area (Å²) in [4.78, 5) is 12.1. The average molecular weight is 394 g/mol. The summed E-state index contributed by atoms with van der Waals surface area (Å²) in [6.07, 6.45) is -4.19. The first-order chi connectivity index (χ1) is 12.1. The zero-order chi connectivity index (χ0) is 19.5. The molecule has 0 radical (unpaired) electrons. The molecule has 0 saturated heterocycles. The normalized spacial score (nSPS) is 16.3. The number of sulfonamides is 1. The van der Waals surface area contributed by atoms with Crippen LogP contribution in [0.2, 0.25) is 0 Å². The fourth-order valence-corrected chi connectivity index (χ4v) is 4.13. The summed E-state index contributed by atoms with van der Waals surface area (Å²) in [7, 11) is -2.39. The van der Waals surface area contributed by atoms with E-state index in [0.29, 0.717) is 16.9 Å². The van der Waals surface area contributed by atoms with Gasteiger partial charge >= 0.3 is 12.1 Å². The maximum Gasteiger partial charge on any atom is 0.471 e. The molecule has 6 nitrogen and oxygen atoms in total. The molecule has 1 aliphatic heterocycles. The quantitative estimate of drug-likeness (QED) is 0.799. The van der Waals surface area contributed by atoms with Gasteiger partial charge in [-0.1, -0.05) is 13.0 Å². The van der Waals surface area contributed by atoms with Crippen LogP contribution in [-0.2, 0) is 32.5 Å². The third-order valence-electron chi connectivity index (χ3n) is 4.21. The molecule has 1 atom stereocenters. The first kappa shape index (κ1) is 20.7. The highest BCUT2D eigenvalue weighted by molar-refractivity contribution is 7.89. The van der Waals surface area contributed by atoms with Crippen LogP contribution in [0.1, 0.15) is 24.5 Å². The van der Waals surface area contributed by atoms with Crippen LogP contribution in [0.25, 0.3) is 0 Å². The van der Waals surface area contributed by atoms with Crippen molar-refractivity contribution in [2.45, 2.75) is 43.4 Å². The lowest BCUT2D eigenvalue weighted by Gasteiger charge is -2.29. The van der Waals surface area contributed by atoms with E-state index in [9.17, 15) is 26.4 Å². The maximum atomic E-state index is 12.6. The highest BCUT2D eigenvalue weighted by atomic mass is 32.2. The van der Waals surface area contributed by atoms with Crippen molar-refractivity contribution in [1.29, 1.82) is 0 Å². The second-order valence-corrected chi connectivity index (χ2v) is 7.80. The summed E-state index contributed by atoms with van der Waals surface area (Å²) in [5.74, 6) is -1.92. The molecule has 1 N–H and O–H groups in total. The van der Waals surface area contributed by atoms with E-state index in [1.54, 1.807) is 13.0 Å². The van der Waals surface area contributed by atoms with Crippen LogP contribution in [0.5, 0.6) is 0 Å². The monoisotopic (exact) mass is 394 g/mol. The number of nitrogens with zero attached hydrogens (tertiary/aromatic N) is 1. The smallest absolute Gasteiger partial charge is 0.383 e. The lowest BCUT2D eigenvalue weighted by molar-refractivity contribution is -0.186. The van der Waals surface area contributed by atoms with Crippen molar-refractivity contribution in [2.75, 3.05) is 20.3 Å². The number of methoxy groups -OCH3 is 1. The Bertz CT molecular complexity index is 765. The number of ether oxygens (including phenoxy) is 1. The number of hydrogen-bond donors (Lipinski definition) is 1. The zero-order valence-electron chi connectivity index (χ0n) is 14.5. The van der Waals surface area contributed by atoms with Crippen LogP contribution in [0, 0.1) is 0 Å². The first-order valence-corrected chi connectivity index (χ1v) is 9.56. The zero-order valence-corrected chi connectivity index (χ0v) is 15.3. The first-order valence-electron chi connectivity index (χ1n) is 8.07. The molecule has 2 rings (SSSR count). The van der Waals surface area contributed by atoms with Crippen molar-refractivity contribution in [3.63, 3.8) is 0 Å². The van der Waals surface area contributed by atoms with Gasteiger partial charge in [0, 0.05) is 26.2 Å². The summed E-state index contributed by atoms with van der Waals surface area (Å²) in [6.45, 7) is 1.68. The standard InChI is InChI=1S/C16H21F3N2O4S/c1-3-13(10-25-2)20-26(23,24)14-5-4-11-6-7-21(9-12(11)8-14)15(22)16(17,18)19/h4-5,8,13,20H,3,6-7,9-10H2,1-2H3. The molecule has 1 amide bonds. The Morgan fingerprint density at radius 1 is 1.35 bits per heavy atom. The van der Waals surface area contributed by atoms with E-state index in [1.165, 1.54) is 19.2 Å². The van der Waals surface area contributed by atoms with Gasteiger partial charge in [-0.05, 0) is 36.1 Å². The number of halogens is 3. The van der Waals surface area contributed by atoms with Crippen LogP contribution >= 0.6 is 0 Å². The van der Waals surface area contributed by atoms with Gasteiger partial charge in [0.1, 0.15) is 0 Å². The van der Waals surface area contributed by atoms with Gasteiger partial charge in [0.2, 0.25) is 10.0 Å². The summed E-state index contributed by atoms with van der Waals surface area (Å²) in [5, 5.41) is 0. The van der Waals surface area contributed by atoms with Gasteiger partial charge in [0.05, 0.1) is 11.5 Å². The SMILES string of the molecule is CCC(COC)NS(=O)(=O)c1ccc2c(c1)CN(C(=O)C(F)(F)F)CC2. The van der Waals surface area contributed by atoms with E-state index in [-0.39, 0.29) is 31.0 Å². The van der Waals surface area contributed by atoms with Crippen molar-refractivity contribution in [1.82, 2.24) is 9.62 Å². The van der Waals surface area contributed by atoms with Crippen LogP contribution in [0.3, 0.4) is 0 Å². The molecule has 10 heteroatoms. The predicted molar refractivity (Wildman–Crippen MR) is 87.9 cm³/mol. The van der Waals surface area contributed by atoms with Gasteiger partial charge < -0.3 is 9.64 Å². The predicted octanol–water partition coefficient (Wildman–Crippen LogP) is 1.84. The Hall–Kier alpha value is -1.65. The minimum absolute atomic E-state index is 0.0490. The molecular formula is C16H21F3N2O4S. The van der Waals surface area contributed by atoms with Crippen LogP contribution < -0.4 is 4.72 Å². The molecule has 1 aromatic rings. The molecule has 146 valence electrons. The van der Waals surface area contributed by atoms with Gasteiger partial charge in [-0.25, -0.2) is 13.1 Å². The third kappa shape index (κ3) is 4.74. The second kappa shape index (κ2) is 7.93. The minimum Gasteiger partial charge on any atom is -0.383 e. The molecule has 26 heavy (non-hydrogen) atoms. The fraction of sp³-hybridized carbons (Fsp3) is 0.562. The fourth-order valence-electron chi connectivity index (χ4n) is 2.78. The lowest BCUT2D eigenvalue weighted by Crippen LogP contribution is -2.43. The number of rotatable bonds is 6. The Kier molecular flexibility index (Phi) is 6.30. The molecular weight excluding hydrogens is 373 g/mol. The van der Waals surface area contributed by atoms with Crippen molar-refractivity contribution >= 4 is 15.9 Å². The van der Waals surface area contributed by atoms with Gasteiger partial charge in [-0.3, -0.25) is 4.79 Å². The van der Waals surface area contributed by atoms with E-state index < -0.39 is 28.1 Å². The number of amides is 1. The lowest BCUT2D eigenvalue weighted by atomic mass is 10.00. The van der Waals surface area contributed by atoms with Gasteiger partial charge in [0.25, 0.3) is 0 Å². The molecule has 1 heterocycles. The highest BCUT2D eigenvalue weighted by Gasteiger charge is 2.43. The maximum absolute atomic E-state index is 12.6. The largest absolute Gasteiger partial charge is 0.471 e. The Balaban J connectivity index is 2.24. The van der Waals surface area contributed by atoms with Crippen LogP contribution in [0.15, 0.2) is 23.1 Å². The van der Waals surface area contributed by atoms with Crippen molar-refractivity contribution in [3.05, 3.63) is 29.3 Å². The Morgan fingerprint density at radius 3 is 2.62 bits per heavy atom. The summed E-state index contributed by atoms with van der Waals surface area (Å²) in [6, 6.07) is 3.91. The number of benzene rings is 1. The molecule has 0 bridgehead atoms. The number of carbonyl (C=O) groups is 1. The molecule has 0 aliphatic carbocycles. The van der Waals surface area contributed by atoms with Gasteiger partial charge in [-0.2, -0.15) is 13.2 Å². The van der Waals surface area contributed by atoms with Crippen molar-refractivity contribution < 1.29 is 31.1 Å². The molecule has 1 unspecified atom stereocenters. The van der Waals surface area contributed by atoms with Gasteiger partial charge in [0.15, 0.2) is 0 Å². The average Bonchev–Trinajstić information content (AvgIpc) is 2.58. The van der Waals surface area contributed by atoms with Crippen molar-refractivity contribution in [3.8, 4) is 0 Å². The van der Waals surface area contributed by atoms with E-state index in [1.807, 2.05) is 0 Å². The van der Waals surface area contributed by atoms with E-state index in [4.69, 9.17) is 4.74 Å². The number of nitrogens with one attached hydrogen (secondary N) is 1. The summed E-state index contributed by atoms with van der Waals surface area (Å²) < 4.78 is 70.4. The molecule has 0 aromatic heterocycles. The topological polar surface area (TPSA) is 75.7 Å². The van der Waals surface area contributed by atoms with Crippen LogP contribution in [-0.4, -0.2) is 51.7 Å². The molecule has 0 spiro atoms. The molecule has 0 saturated carbocycles. The number of fused-ring (bicyclic) bond motifs is 1. The third-order valence-corrected chi connectivity index (χ3v) is 5.73. The number of alkyl halides is 3. The Morgan fingerprint density at radius 2 is 2.04 bits per heavy atom. The highest BCUT2D eigenvalue weighted by Crippen LogP contribution is 2.26. The second-order valence-electron chi connectivity index (χ2n) is 6.09. The van der Waals surface area contributed by atoms with E-state index >= 15 is 0 Å². The molecule has 1 aliphatic rings. The summed E-state index contributed by atoms with van der Waals surface area (Å²) in [5.41, 5.74) is 1.13. The van der Waals surface area contributed by atoms with E-state index in [2.05, 4.69) is 4.72 Å². The number of carbonyl (C=O) groups excluding carboxylic acids is 1. The Labute approximate surface area is 150 Å². The molecule has 0 fully saturated rings. The minimum atomic E-state index is -4.95. The molecule has 1 aromatic carbocycles. The van der Waals surface area contributed by atoms with Gasteiger partial charge in [-0.15, -0.1) is 0 Å². The van der Waals surface area contributed by atoms with Crippen LogP contribution in [0.4, 0.5) is 13.2 Å². The van der Waals surface area contributed by atoms with Crippen molar-refractivity contribution in [2.24, 2.45) is 0 Å². The number of hydrogen-bond acceptors (Lipinski definition) is 4.